The minimum atomic E-state index is -0.328. The summed E-state index contributed by atoms with van der Waals surface area (Å²) >= 11 is 6.00. The molecule has 1 N–H and O–H groups in total. The number of halogens is 2. The fraction of sp³-hybridized carbons (Fsp3) is 0.600. The molecule has 0 aliphatic heterocycles. The van der Waals surface area contributed by atoms with Crippen LogP contribution in [0, 0.1) is 11.7 Å². The molecule has 2 atom stereocenters. The molecule has 1 nitrogen and oxygen atoms in total. The average Bonchev–Trinajstić information content (AvgIpc) is 2.37. The van der Waals surface area contributed by atoms with Crippen LogP contribution >= 0.6 is 11.6 Å². The van der Waals surface area contributed by atoms with Gasteiger partial charge in [0.15, 0.2) is 0 Å². The van der Waals surface area contributed by atoms with Gasteiger partial charge < -0.3 is 5.32 Å². The summed E-state index contributed by atoms with van der Waals surface area (Å²) in [6.07, 6.45) is 4.41. The zero-order valence-corrected chi connectivity index (χ0v) is 12.2. The van der Waals surface area contributed by atoms with Crippen molar-refractivity contribution in [2.45, 2.75) is 45.6 Å². The molecule has 0 spiro atoms. The lowest BCUT2D eigenvalue weighted by Gasteiger charge is -2.24. The van der Waals surface area contributed by atoms with Crippen molar-refractivity contribution < 1.29 is 4.39 Å². The largest absolute Gasteiger partial charge is 0.316 e. The predicted molar refractivity (Wildman–Crippen MR) is 76.7 cm³/mol. The van der Waals surface area contributed by atoms with E-state index in [1.165, 1.54) is 25.3 Å². The second-order valence-electron chi connectivity index (χ2n) is 4.93. The zero-order valence-electron chi connectivity index (χ0n) is 11.5. The molecule has 0 heterocycles. The second-order valence-corrected chi connectivity index (χ2v) is 5.31. The number of hydrogen-bond donors (Lipinski definition) is 1. The summed E-state index contributed by atoms with van der Waals surface area (Å²) in [6.45, 7) is 4.44. The summed E-state index contributed by atoms with van der Waals surface area (Å²) < 4.78 is 13.4. The third kappa shape index (κ3) is 4.25. The van der Waals surface area contributed by atoms with Gasteiger partial charge in [0, 0.05) is 6.04 Å². The van der Waals surface area contributed by atoms with Crippen LogP contribution in [0.4, 0.5) is 4.39 Å². The maximum atomic E-state index is 13.4. The van der Waals surface area contributed by atoms with Crippen LogP contribution in [0.2, 0.25) is 5.02 Å². The molecule has 1 rings (SSSR count). The lowest BCUT2D eigenvalue weighted by atomic mass is 9.91. The molecule has 1 aromatic rings. The van der Waals surface area contributed by atoms with Crippen LogP contribution in [0.3, 0.4) is 0 Å². The van der Waals surface area contributed by atoms with Crippen LogP contribution in [0.25, 0.3) is 0 Å². The first kappa shape index (κ1) is 15.5. The average molecular weight is 272 g/mol. The van der Waals surface area contributed by atoms with Gasteiger partial charge in [-0.05, 0) is 37.4 Å². The monoisotopic (exact) mass is 271 g/mol. The van der Waals surface area contributed by atoms with Crippen LogP contribution in [0.15, 0.2) is 18.2 Å². The quantitative estimate of drug-likeness (QED) is 0.773. The third-order valence-corrected chi connectivity index (χ3v) is 3.97. The van der Waals surface area contributed by atoms with Crippen molar-refractivity contribution >= 4 is 11.6 Å². The Balaban J connectivity index is 2.70. The van der Waals surface area contributed by atoms with Crippen molar-refractivity contribution in [3.63, 3.8) is 0 Å². The van der Waals surface area contributed by atoms with E-state index in [2.05, 4.69) is 19.2 Å². The van der Waals surface area contributed by atoms with Gasteiger partial charge in [-0.2, -0.15) is 0 Å². The number of hydrogen-bond acceptors (Lipinski definition) is 1. The molecule has 102 valence electrons. The fourth-order valence-corrected chi connectivity index (χ4v) is 2.46. The van der Waals surface area contributed by atoms with Crippen molar-refractivity contribution in [3.05, 3.63) is 34.6 Å². The van der Waals surface area contributed by atoms with E-state index in [4.69, 9.17) is 11.6 Å². The summed E-state index contributed by atoms with van der Waals surface area (Å²) in [5.74, 6) is 0.236. The van der Waals surface area contributed by atoms with Gasteiger partial charge in [-0.15, -0.1) is 0 Å². The minimum absolute atomic E-state index is 0.264. The van der Waals surface area contributed by atoms with E-state index >= 15 is 0 Å². The van der Waals surface area contributed by atoms with E-state index in [-0.39, 0.29) is 10.8 Å². The first-order chi connectivity index (χ1) is 8.60. The van der Waals surface area contributed by atoms with Crippen LogP contribution in [0.5, 0.6) is 0 Å². The lowest BCUT2D eigenvalue weighted by molar-refractivity contribution is 0.365. The molecule has 0 aromatic heterocycles. The molecule has 2 unspecified atom stereocenters. The first-order valence-electron chi connectivity index (χ1n) is 6.70. The SMILES string of the molecule is CCCCC(C)C(Cc1cccc(F)c1Cl)NC. The molecule has 1 aromatic carbocycles. The molecular formula is C15H23ClFN. The van der Waals surface area contributed by atoms with Gasteiger partial charge in [-0.3, -0.25) is 0 Å². The van der Waals surface area contributed by atoms with Crippen LogP contribution < -0.4 is 5.32 Å². The highest BCUT2D eigenvalue weighted by Gasteiger charge is 2.17. The highest BCUT2D eigenvalue weighted by Crippen LogP contribution is 2.23. The molecule has 3 heteroatoms. The highest BCUT2D eigenvalue weighted by molar-refractivity contribution is 6.31. The first-order valence-corrected chi connectivity index (χ1v) is 7.08. The summed E-state index contributed by atoms with van der Waals surface area (Å²) in [7, 11) is 1.96. The predicted octanol–water partition coefficient (Wildman–Crippen LogP) is 4.44. The molecule has 0 saturated carbocycles. The number of rotatable bonds is 7. The van der Waals surface area contributed by atoms with Crippen molar-refractivity contribution in [1.29, 1.82) is 0 Å². The Hall–Kier alpha value is -0.600. The topological polar surface area (TPSA) is 12.0 Å². The maximum absolute atomic E-state index is 13.4. The molecule has 0 aliphatic carbocycles. The molecule has 0 radical (unpaired) electrons. The number of benzene rings is 1. The van der Waals surface area contributed by atoms with Crippen LogP contribution in [-0.4, -0.2) is 13.1 Å². The van der Waals surface area contributed by atoms with E-state index < -0.39 is 0 Å². The Bertz CT molecular complexity index is 368. The van der Waals surface area contributed by atoms with Gasteiger partial charge in [-0.25, -0.2) is 4.39 Å². The van der Waals surface area contributed by atoms with E-state index in [1.54, 1.807) is 6.07 Å². The van der Waals surface area contributed by atoms with Gasteiger partial charge in [0.1, 0.15) is 5.82 Å². The Kier molecular flexibility index (Phi) is 6.66. The number of unbranched alkanes of at least 4 members (excludes halogenated alkanes) is 1. The van der Waals surface area contributed by atoms with E-state index in [0.717, 1.165) is 12.0 Å². The Morgan fingerprint density at radius 2 is 2.11 bits per heavy atom. The van der Waals surface area contributed by atoms with Crippen molar-refractivity contribution in [3.8, 4) is 0 Å². The molecule has 0 aliphatic rings. The summed E-state index contributed by atoms with van der Waals surface area (Å²) in [5.41, 5.74) is 0.888. The summed E-state index contributed by atoms with van der Waals surface area (Å²) in [4.78, 5) is 0. The Morgan fingerprint density at radius 1 is 1.39 bits per heavy atom. The normalized spacial score (nSPS) is 14.5. The van der Waals surface area contributed by atoms with Crippen LogP contribution in [0.1, 0.15) is 38.7 Å². The summed E-state index contributed by atoms with van der Waals surface area (Å²) in [5, 5.41) is 3.59. The Labute approximate surface area is 115 Å². The minimum Gasteiger partial charge on any atom is -0.316 e. The molecule has 0 bridgehead atoms. The van der Waals surface area contributed by atoms with Gasteiger partial charge in [-0.1, -0.05) is 50.4 Å². The third-order valence-electron chi connectivity index (χ3n) is 3.54. The Morgan fingerprint density at radius 3 is 2.72 bits per heavy atom. The molecule has 0 fully saturated rings. The smallest absolute Gasteiger partial charge is 0.142 e. The standard InChI is InChI=1S/C15H23ClFN/c1-4-5-7-11(2)14(18-3)10-12-8-6-9-13(17)15(12)16/h6,8-9,11,14,18H,4-5,7,10H2,1-3H3. The van der Waals surface area contributed by atoms with Crippen molar-refractivity contribution in [2.24, 2.45) is 5.92 Å². The van der Waals surface area contributed by atoms with Gasteiger partial charge in [0.05, 0.1) is 5.02 Å². The molecule has 18 heavy (non-hydrogen) atoms. The fourth-order valence-electron chi connectivity index (χ4n) is 2.26. The van der Waals surface area contributed by atoms with Crippen LogP contribution in [-0.2, 0) is 6.42 Å². The summed E-state index contributed by atoms with van der Waals surface area (Å²) in [6, 6.07) is 5.37. The highest BCUT2D eigenvalue weighted by atomic mass is 35.5. The van der Waals surface area contributed by atoms with Crippen molar-refractivity contribution in [2.75, 3.05) is 7.05 Å². The van der Waals surface area contributed by atoms with E-state index in [9.17, 15) is 4.39 Å². The van der Waals surface area contributed by atoms with Gasteiger partial charge >= 0.3 is 0 Å². The van der Waals surface area contributed by atoms with E-state index in [0.29, 0.717) is 12.0 Å². The lowest BCUT2D eigenvalue weighted by Crippen LogP contribution is -2.34. The van der Waals surface area contributed by atoms with Gasteiger partial charge in [0.2, 0.25) is 0 Å². The molecular weight excluding hydrogens is 249 g/mol. The van der Waals surface area contributed by atoms with Gasteiger partial charge in [0.25, 0.3) is 0 Å². The van der Waals surface area contributed by atoms with E-state index in [1.807, 2.05) is 13.1 Å². The second kappa shape index (κ2) is 7.75. The number of likely N-dealkylation sites (N-methyl/N-ethyl adjacent to an activating group) is 1. The molecule has 0 amide bonds. The maximum Gasteiger partial charge on any atom is 0.142 e. The zero-order chi connectivity index (χ0) is 13.5. The van der Waals surface area contributed by atoms with Crippen molar-refractivity contribution in [1.82, 2.24) is 5.32 Å². The molecule has 0 saturated heterocycles. The number of nitrogens with one attached hydrogen (secondary N) is 1.